The summed E-state index contributed by atoms with van der Waals surface area (Å²) >= 11 is 0. The highest BCUT2D eigenvalue weighted by atomic mass is 16.6. The summed E-state index contributed by atoms with van der Waals surface area (Å²) in [4.78, 5) is 35.9. The highest BCUT2D eigenvalue weighted by molar-refractivity contribution is 5.89. The molecule has 0 saturated heterocycles. The Morgan fingerprint density at radius 3 is 2.38 bits per heavy atom. The SMILES string of the molecule is Cn1c(CCc2cc([N+](=O)[O-])ccc2OCc2ccccc2)ccc(C(=O)OC(C)(C)C)c1=O. The van der Waals surface area contributed by atoms with Gasteiger partial charge >= 0.3 is 5.97 Å². The molecule has 0 spiro atoms. The van der Waals surface area contributed by atoms with Gasteiger partial charge in [-0.2, -0.15) is 0 Å². The van der Waals surface area contributed by atoms with E-state index in [0.29, 0.717) is 36.5 Å². The Kier molecular flexibility index (Phi) is 7.50. The molecule has 178 valence electrons. The van der Waals surface area contributed by atoms with E-state index in [-0.39, 0.29) is 11.3 Å². The van der Waals surface area contributed by atoms with Crippen molar-refractivity contribution in [3.8, 4) is 5.75 Å². The molecule has 0 N–H and O–H groups in total. The molecular weight excluding hydrogens is 436 g/mol. The summed E-state index contributed by atoms with van der Waals surface area (Å²) in [6.07, 6.45) is 0.827. The maximum atomic E-state index is 12.7. The minimum absolute atomic E-state index is 0.0313. The lowest BCUT2D eigenvalue weighted by molar-refractivity contribution is -0.384. The van der Waals surface area contributed by atoms with Crippen LogP contribution in [0.1, 0.15) is 48.0 Å². The van der Waals surface area contributed by atoms with E-state index in [1.165, 1.54) is 22.8 Å². The van der Waals surface area contributed by atoms with E-state index < -0.39 is 22.1 Å². The van der Waals surface area contributed by atoms with Crippen LogP contribution in [0.15, 0.2) is 65.5 Å². The number of rotatable bonds is 8. The number of aromatic nitrogens is 1. The first-order valence-electron chi connectivity index (χ1n) is 10.9. The standard InChI is InChI=1S/C26H28N2O6/c1-26(2,3)34-25(30)22-14-12-20(27(4)24(22)29)11-10-19-16-21(28(31)32)13-15-23(19)33-17-18-8-6-5-7-9-18/h5-9,12-16H,10-11,17H2,1-4H3. The molecule has 0 amide bonds. The number of nitro groups is 1. The molecule has 0 fully saturated rings. The number of ether oxygens (including phenoxy) is 2. The van der Waals surface area contributed by atoms with Gasteiger partial charge in [-0.1, -0.05) is 30.3 Å². The molecule has 8 nitrogen and oxygen atoms in total. The maximum Gasteiger partial charge on any atom is 0.344 e. The Balaban J connectivity index is 1.81. The Labute approximate surface area is 197 Å². The number of hydrogen-bond donors (Lipinski definition) is 0. The minimum Gasteiger partial charge on any atom is -0.489 e. The molecule has 1 aromatic heterocycles. The molecular formula is C26H28N2O6. The molecule has 8 heteroatoms. The Morgan fingerprint density at radius 1 is 1.03 bits per heavy atom. The average Bonchev–Trinajstić information content (AvgIpc) is 2.78. The number of esters is 1. The second kappa shape index (κ2) is 10.3. The normalized spacial score (nSPS) is 11.2. The molecule has 0 aliphatic rings. The topological polar surface area (TPSA) is 101 Å². The number of hydrogen-bond acceptors (Lipinski definition) is 6. The molecule has 1 heterocycles. The summed E-state index contributed by atoms with van der Waals surface area (Å²) in [5.41, 5.74) is 1.09. The highest BCUT2D eigenvalue weighted by Crippen LogP contribution is 2.26. The largest absolute Gasteiger partial charge is 0.489 e. The van der Waals surface area contributed by atoms with Crippen molar-refractivity contribution in [3.05, 3.63) is 104 Å². The number of benzene rings is 2. The predicted molar refractivity (Wildman–Crippen MR) is 128 cm³/mol. The van der Waals surface area contributed by atoms with E-state index >= 15 is 0 Å². The second-order valence-electron chi connectivity index (χ2n) is 8.93. The van der Waals surface area contributed by atoms with Gasteiger partial charge in [0.25, 0.3) is 11.2 Å². The van der Waals surface area contributed by atoms with Gasteiger partial charge in [0.2, 0.25) is 0 Å². The lowest BCUT2D eigenvalue weighted by atomic mass is 10.0. The zero-order valence-electron chi connectivity index (χ0n) is 19.7. The summed E-state index contributed by atoms with van der Waals surface area (Å²) in [7, 11) is 1.59. The zero-order valence-corrected chi connectivity index (χ0v) is 19.7. The van der Waals surface area contributed by atoms with E-state index in [4.69, 9.17) is 9.47 Å². The van der Waals surface area contributed by atoms with Crippen molar-refractivity contribution >= 4 is 11.7 Å². The fourth-order valence-electron chi connectivity index (χ4n) is 3.43. The first-order valence-corrected chi connectivity index (χ1v) is 10.9. The maximum absolute atomic E-state index is 12.7. The van der Waals surface area contributed by atoms with Crippen LogP contribution in [0.4, 0.5) is 5.69 Å². The molecule has 0 unspecified atom stereocenters. The fourth-order valence-corrected chi connectivity index (χ4v) is 3.43. The van der Waals surface area contributed by atoms with Gasteiger partial charge in [0.05, 0.1) is 4.92 Å². The van der Waals surface area contributed by atoms with Crippen LogP contribution in [0.2, 0.25) is 0 Å². The van der Waals surface area contributed by atoms with Crippen LogP contribution in [0.5, 0.6) is 5.75 Å². The number of carbonyl (C=O) groups excluding carboxylic acids is 1. The molecule has 0 aliphatic carbocycles. The van der Waals surface area contributed by atoms with Crippen LogP contribution < -0.4 is 10.3 Å². The van der Waals surface area contributed by atoms with Crippen molar-refractivity contribution < 1.29 is 19.2 Å². The summed E-state index contributed by atoms with van der Waals surface area (Å²) in [6.45, 7) is 5.54. The molecule has 0 atom stereocenters. The minimum atomic E-state index is -0.709. The molecule has 0 radical (unpaired) electrons. The number of non-ortho nitro benzene ring substituents is 1. The predicted octanol–water partition coefficient (Wildman–Crippen LogP) is 4.61. The number of pyridine rings is 1. The summed E-state index contributed by atoms with van der Waals surface area (Å²) in [5.74, 6) is -0.125. The van der Waals surface area contributed by atoms with Crippen molar-refractivity contribution in [3.63, 3.8) is 0 Å². The van der Waals surface area contributed by atoms with Gasteiger partial charge in [-0.05, 0) is 57.4 Å². The molecule has 3 rings (SSSR count). The van der Waals surface area contributed by atoms with Crippen LogP contribution in [0, 0.1) is 10.1 Å². The fraction of sp³-hybridized carbons (Fsp3) is 0.308. The number of nitro benzene ring substituents is 1. The molecule has 0 bridgehead atoms. The van der Waals surface area contributed by atoms with E-state index in [0.717, 1.165) is 5.56 Å². The first kappa shape index (κ1) is 24.7. The van der Waals surface area contributed by atoms with Crippen molar-refractivity contribution in [2.24, 2.45) is 7.05 Å². The Hall–Kier alpha value is -3.94. The van der Waals surface area contributed by atoms with Gasteiger partial charge in [-0.15, -0.1) is 0 Å². The number of aryl methyl sites for hydroxylation is 2. The van der Waals surface area contributed by atoms with Crippen molar-refractivity contribution in [2.75, 3.05) is 0 Å². The van der Waals surface area contributed by atoms with Crippen molar-refractivity contribution in [1.82, 2.24) is 4.57 Å². The quantitative estimate of drug-likeness (QED) is 0.274. The van der Waals surface area contributed by atoms with Crippen molar-refractivity contribution in [2.45, 2.75) is 45.8 Å². The number of carbonyl (C=O) groups is 1. The number of nitrogens with zero attached hydrogens (tertiary/aromatic N) is 2. The second-order valence-corrected chi connectivity index (χ2v) is 8.93. The monoisotopic (exact) mass is 464 g/mol. The highest BCUT2D eigenvalue weighted by Gasteiger charge is 2.21. The molecule has 34 heavy (non-hydrogen) atoms. The van der Waals surface area contributed by atoms with E-state index in [1.807, 2.05) is 30.3 Å². The van der Waals surface area contributed by atoms with Gasteiger partial charge in [0.15, 0.2) is 0 Å². The lowest BCUT2D eigenvalue weighted by Crippen LogP contribution is -2.31. The van der Waals surface area contributed by atoms with Gasteiger partial charge in [0.1, 0.15) is 23.5 Å². The third-order valence-corrected chi connectivity index (χ3v) is 5.17. The van der Waals surface area contributed by atoms with Gasteiger partial charge in [-0.25, -0.2) is 4.79 Å². The van der Waals surface area contributed by atoms with E-state index in [2.05, 4.69) is 0 Å². The zero-order chi connectivity index (χ0) is 24.9. The van der Waals surface area contributed by atoms with Crippen LogP contribution in [0.3, 0.4) is 0 Å². The third kappa shape index (κ3) is 6.31. The lowest BCUT2D eigenvalue weighted by Gasteiger charge is -2.19. The van der Waals surface area contributed by atoms with E-state index in [9.17, 15) is 19.7 Å². The van der Waals surface area contributed by atoms with Gasteiger partial charge < -0.3 is 14.0 Å². The van der Waals surface area contributed by atoms with Crippen LogP contribution >= 0.6 is 0 Å². The molecule has 3 aromatic rings. The molecule has 0 aliphatic heterocycles. The first-order chi connectivity index (χ1) is 16.0. The third-order valence-electron chi connectivity index (χ3n) is 5.17. The Morgan fingerprint density at radius 2 is 1.74 bits per heavy atom. The van der Waals surface area contributed by atoms with Crippen molar-refractivity contribution in [1.29, 1.82) is 0 Å². The summed E-state index contributed by atoms with van der Waals surface area (Å²) < 4.78 is 12.7. The average molecular weight is 465 g/mol. The molecule has 2 aromatic carbocycles. The smallest absolute Gasteiger partial charge is 0.344 e. The molecule has 0 saturated carbocycles. The van der Waals surface area contributed by atoms with Crippen LogP contribution in [-0.4, -0.2) is 21.1 Å². The van der Waals surface area contributed by atoms with Crippen LogP contribution in [-0.2, 0) is 31.2 Å². The van der Waals surface area contributed by atoms with Gasteiger partial charge in [0, 0.05) is 30.4 Å². The van der Waals surface area contributed by atoms with Crippen LogP contribution in [0.25, 0.3) is 0 Å². The Bertz CT molecular complexity index is 1240. The van der Waals surface area contributed by atoms with E-state index in [1.54, 1.807) is 40.0 Å². The van der Waals surface area contributed by atoms with Gasteiger partial charge in [-0.3, -0.25) is 14.9 Å². The summed E-state index contributed by atoms with van der Waals surface area (Å²) in [6, 6.07) is 17.3. The summed E-state index contributed by atoms with van der Waals surface area (Å²) in [5, 5.41) is 11.3.